The van der Waals surface area contributed by atoms with Gasteiger partial charge in [-0.1, -0.05) is 30.3 Å². The zero-order valence-corrected chi connectivity index (χ0v) is 12.6. The quantitative estimate of drug-likeness (QED) is 0.810. The summed E-state index contributed by atoms with van der Waals surface area (Å²) in [5, 5.41) is 11.2. The van der Waals surface area contributed by atoms with E-state index in [9.17, 15) is 24.3 Å². The highest BCUT2D eigenvalue weighted by molar-refractivity contribution is 6.16. The average molecular weight is 328 g/mol. The lowest BCUT2D eigenvalue weighted by Crippen LogP contribution is -2.24. The van der Waals surface area contributed by atoms with Crippen molar-refractivity contribution < 1.29 is 24.3 Å². The smallest absolute Gasteiger partial charge is 0.332 e. The Hall–Kier alpha value is -3.74. The molecule has 2 aromatic carbocycles. The van der Waals surface area contributed by atoms with Gasteiger partial charge < -0.3 is 5.11 Å². The molecule has 1 atom stereocenters. The molecule has 0 heterocycles. The number of carboxylic acid groups (broad SMARTS) is 1. The van der Waals surface area contributed by atoms with Crippen LogP contribution in [0.1, 0.15) is 22.6 Å². The standard InChI is InChI=1S/C20H8O5/c21-7-14-12-5-4-10-2-1-3-11-6-13(20(24)25)18(19(12)17(10)11)16(9-23)15(14)8-22/h1-6,18H,(H,24,25). The molecule has 25 heavy (non-hydrogen) atoms. The summed E-state index contributed by atoms with van der Waals surface area (Å²) in [6, 6.07) is 8.84. The lowest BCUT2D eigenvalue weighted by Gasteiger charge is -2.32. The van der Waals surface area contributed by atoms with Crippen LogP contribution in [0.25, 0.3) is 22.4 Å². The number of allylic oxidation sites excluding steroid dienone is 3. The molecule has 0 saturated heterocycles. The zero-order chi connectivity index (χ0) is 17.7. The third-order valence-corrected chi connectivity index (χ3v) is 4.67. The number of carboxylic acids is 1. The summed E-state index contributed by atoms with van der Waals surface area (Å²) >= 11 is 0. The van der Waals surface area contributed by atoms with Crippen LogP contribution in [0.5, 0.6) is 0 Å². The van der Waals surface area contributed by atoms with Crippen LogP contribution in [0.15, 0.2) is 47.1 Å². The van der Waals surface area contributed by atoms with Gasteiger partial charge in [-0.2, -0.15) is 0 Å². The first-order valence-electron chi connectivity index (χ1n) is 7.39. The normalized spacial score (nSPS) is 17.5. The fourth-order valence-corrected chi connectivity index (χ4v) is 3.70. The van der Waals surface area contributed by atoms with Gasteiger partial charge in [0.05, 0.1) is 28.2 Å². The van der Waals surface area contributed by atoms with Gasteiger partial charge in [-0.3, -0.25) is 0 Å². The van der Waals surface area contributed by atoms with Gasteiger partial charge in [-0.15, -0.1) is 0 Å². The maximum absolute atomic E-state index is 11.8. The van der Waals surface area contributed by atoms with Crippen LogP contribution in [-0.4, -0.2) is 28.9 Å². The summed E-state index contributed by atoms with van der Waals surface area (Å²) in [6.07, 6.45) is 1.49. The number of hydrogen-bond acceptors (Lipinski definition) is 4. The molecule has 0 fully saturated rings. The van der Waals surface area contributed by atoms with E-state index in [1.807, 2.05) is 6.07 Å². The largest absolute Gasteiger partial charge is 0.478 e. The number of benzene rings is 2. The molecule has 0 saturated carbocycles. The fourth-order valence-electron chi connectivity index (χ4n) is 3.70. The first-order valence-corrected chi connectivity index (χ1v) is 7.39. The topological polar surface area (TPSA) is 88.5 Å². The Bertz CT molecular complexity index is 1180. The number of carbonyl (C=O) groups excluding carboxylic acids is 3. The van der Waals surface area contributed by atoms with E-state index in [0.717, 1.165) is 10.8 Å². The van der Waals surface area contributed by atoms with E-state index in [0.29, 0.717) is 16.7 Å². The summed E-state index contributed by atoms with van der Waals surface area (Å²) in [5.74, 6) is 2.75. The molecule has 2 aromatic rings. The SMILES string of the molecule is O=C=C1C(=C=O)c2ccc3cccc4c3c2C(C1=C=O)C(C(=O)O)=C4. The lowest BCUT2D eigenvalue weighted by molar-refractivity contribution is -0.132. The summed E-state index contributed by atoms with van der Waals surface area (Å²) in [7, 11) is 0. The maximum atomic E-state index is 11.8. The average Bonchev–Trinajstić information content (AvgIpc) is 2.64. The molecule has 5 nitrogen and oxygen atoms in total. The van der Waals surface area contributed by atoms with Gasteiger partial charge in [0.1, 0.15) is 17.8 Å². The molecule has 0 bridgehead atoms. The molecular weight excluding hydrogens is 320 g/mol. The van der Waals surface area contributed by atoms with Crippen LogP contribution in [-0.2, 0) is 19.2 Å². The molecule has 118 valence electrons. The Kier molecular flexibility index (Phi) is 3.04. The van der Waals surface area contributed by atoms with Crippen molar-refractivity contribution in [3.8, 4) is 0 Å². The fraction of sp³-hybridized carbons (Fsp3) is 0.0500. The maximum Gasteiger partial charge on any atom is 0.332 e. The summed E-state index contributed by atoms with van der Waals surface area (Å²) in [4.78, 5) is 46.2. The van der Waals surface area contributed by atoms with Gasteiger partial charge in [0.15, 0.2) is 0 Å². The third kappa shape index (κ3) is 1.80. The first kappa shape index (κ1) is 14.8. The monoisotopic (exact) mass is 328 g/mol. The van der Waals surface area contributed by atoms with Crippen molar-refractivity contribution in [1.82, 2.24) is 0 Å². The van der Waals surface area contributed by atoms with Crippen molar-refractivity contribution in [1.29, 1.82) is 0 Å². The zero-order valence-electron chi connectivity index (χ0n) is 12.6. The number of hydrogen-bond donors (Lipinski definition) is 1. The molecule has 2 aliphatic carbocycles. The Balaban J connectivity index is 2.29. The van der Waals surface area contributed by atoms with Crippen LogP contribution >= 0.6 is 0 Å². The number of carbonyl (C=O) groups is 1. The van der Waals surface area contributed by atoms with Crippen molar-refractivity contribution in [2.75, 3.05) is 0 Å². The van der Waals surface area contributed by atoms with Crippen LogP contribution in [0.2, 0.25) is 0 Å². The summed E-state index contributed by atoms with van der Waals surface area (Å²) < 4.78 is 0. The second-order valence-corrected chi connectivity index (χ2v) is 5.78. The van der Waals surface area contributed by atoms with Gasteiger partial charge in [0.25, 0.3) is 0 Å². The van der Waals surface area contributed by atoms with E-state index in [4.69, 9.17) is 0 Å². The highest BCUT2D eigenvalue weighted by Crippen LogP contribution is 2.51. The molecule has 0 spiro atoms. The Morgan fingerprint density at radius 1 is 0.960 bits per heavy atom. The molecule has 2 aliphatic rings. The van der Waals surface area contributed by atoms with Crippen molar-refractivity contribution in [2.24, 2.45) is 0 Å². The first-order chi connectivity index (χ1) is 12.1. The Morgan fingerprint density at radius 3 is 2.36 bits per heavy atom. The predicted octanol–water partition coefficient (Wildman–Crippen LogP) is 2.15. The van der Waals surface area contributed by atoms with E-state index in [2.05, 4.69) is 0 Å². The summed E-state index contributed by atoms with van der Waals surface area (Å²) in [6.45, 7) is 0. The van der Waals surface area contributed by atoms with Gasteiger partial charge >= 0.3 is 5.97 Å². The van der Waals surface area contributed by atoms with Crippen LogP contribution in [0, 0.1) is 0 Å². The number of aliphatic carboxylic acids is 1. The van der Waals surface area contributed by atoms with Gasteiger partial charge in [-0.25, -0.2) is 19.2 Å². The summed E-state index contributed by atoms with van der Waals surface area (Å²) in [5.41, 5.74) is 0.959. The molecule has 1 N–H and O–H groups in total. The van der Waals surface area contributed by atoms with Crippen molar-refractivity contribution in [3.63, 3.8) is 0 Å². The van der Waals surface area contributed by atoms with Gasteiger partial charge in [0, 0.05) is 0 Å². The van der Waals surface area contributed by atoms with Crippen molar-refractivity contribution in [3.05, 3.63) is 63.7 Å². The Labute approximate surface area is 140 Å². The lowest BCUT2D eigenvalue weighted by atomic mass is 9.67. The number of rotatable bonds is 1. The van der Waals surface area contributed by atoms with Crippen molar-refractivity contribution in [2.45, 2.75) is 5.92 Å². The highest BCUT2D eigenvalue weighted by Gasteiger charge is 2.41. The van der Waals surface area contributed by atoms with Gasteiger partial charge in [-0.05, 0) is 33.5 Å². The van der Waals surface area contributed by atoms with Crippen LogP contribution in [0.3, 0.4) is 0 Å². The molecule has 0 radical (unpaired) electrons. The van der Waals surface area contributed by atoms with E-state index in [-0.39, 0.29) is 22.3 Å². The molecule has 0 amide bonds. The minimum atomic E-state index is -1.21. The molecule has 0 aliphatic heterocycles. The van der Waals surface area contributed by atoms with E-state index >= 15 is 0 Å². The van der Waals surface area contributed by atoms with Gasteiger partial charge in [0.2, 0.25) is 0 Å². The van der Waals surface area contributed by atoms with Crippen LogP contribution in [0.4, 0.5) is 0 Å². The van der Waals surface area contributed by atoms with Crippen LogP contribution < -0.4 is 0 Å². The van der Waals surface area contributed by atoms with E-state index in [1.165, 1.54) is 6.08 Å². The Morgan fingerprint density at radius 2 is 1.72 bits per heavy atom. The second-order valence-electron chi connectivity index (χ2n) is 5.78. The minimum absolute atomic E-state index is 0.0523. The third-order valence-electron chi connectivity index (χ3n) is 4.67. The molecular formula is C20H8O5. The molecule has 5 heteroatoms. The molecule has 1 unspecified atom stereocenters. The molecule has 4 rings (SSSR count). The molecule has 0 aromatic heterocycles. The van der Waals surface area contributed by atoms with E-state index in [1.54, 1.807) is 42.1 Å². The highest BCUT2D eigenvalue weighted by atomic mass is 16.4. The second kappa shape index (κ2) is 5.13. The van der Waals surface area contributed by atoms with E-state index < -0.39 is 11.9 Å². The predicted molar refractivity (Wildman–Crippen MR) is 89.8 cm³/mol. The van der Waals surface area contributed by atoms with Crippen molar-refractivity contribution >= 4 is 46.2 Å². The minimum Gasteiger partial charge on any atom is -0.478 e.